The fraction of sp³-hybridized carbons (Fsp3) is 0.0714. The first-order chi connectivity index (χ1) is 9.75. The molecule has 0 atom stereocenters. The van der Waals surface area contributed by atoms with Crippen LogP contribution in [-0.2, 0) is 0 Å². The summed E-state index contributed by atoms with van der Waals surface area (Å²) in [7, 11) is 0. The SMILES string of the molecule is Cc1cn[nH]c1NC(=O)c1cn[nH]c1-c1ccccc1. The van der Waals surface area contributed by atoms with Gasteiger partial charge in [0.1, 0.15) is 5.82 Å². The van der Waals surface area contributed by atoms with E-state index in [0.717, 1.165) is 11.1 Å². The van der Waals surface area contributed by atoms with Gasteiger partial charge in [0.2, 0.25) is 0 Å². The summed E-state index contributed by atoms with van der Waals surface area (Å²) >= 11 is 0. The van der Waals surface area contributed by atoms with Gasteiger partial charge in [-0.15, -0.1) is 0 Å². The lowest BCUT2D eigenvalue weighted by molar-refractivity contribution is 0.102. The van der Waals surface area contributed by atoms with E-state index in [1.165, 1.54) is 6.20 Å². The summed E-state index contributed by atoms with van der Waals surface area (Å²) in [4.78, 5) is 12.3. The van der Waals surface area contributed by atoms with Gasteiger partial charge in [-0.1, -0.05) is 30.3 Å². The summed E-state index contributed by atoms with van der Waals surface area (Å²) in [5, 5.41) is 16.2. The van der Waals surface area contributed by atoms with Crippen LogP contribution in [-0.4, -0.2) is 26.3 Å². The minimum Gasteiger partial charge on any atom is -0.307 e. The number of carbonyl (C=O) groups excluding carboxylic acids is 1. The first-order valence-corrected chi connectivity index (χ1v) is 6.16. The monoisotopic (exact) mass is 267 g/mol. The fourth-order valence-electron chi connectivity index (χ4n) is 1.94. The normalized spacial score (nSPS) is 10.4. The Balaban J connectivity index is 1.90. The molecule has 0 fully saturated rings. The molecule has 6 nitrogen and oxygen atoms in total. The number of anilines is 1. The molecule has 0 aliphatic rings. The lowest BCUT2D eigenvalue weighted by Crippen LogP contribution is -2.13. The zero-order valence-corrected chi connectivity index (χ0v) is 10.8. The third-order valence-electron chi connectivity index (χ3n) is 3.01. The molecule has 0 spiro atoms. The van der Waals surface area contributed by atoms with Gasteiger partial charge in [0, 0.05) is 11.1 Å². The molecule has 3 rings (SSSR count). The molecule has 20 heavy (non-hydrogen) atoms. The summed E-state index contributed by atoms with van der Waals surface area (Å²) in [6.45, 7) is 1.87. The van der Waals surface area contributed by atoms with E-state index < -0.39 is 0 Å². The summed E-state index contributed by atoms with van der Waals surface area (Å²) in [5.41, 5.74) is 2.98. The van der Waals surface area contributed by atoms with Crippen LogP contribution in [0.2, 0.25) is 0 Å². The van der Waals surface area contributed by atoms with Gasteiger partial charge in [0.25, 0.3) is 5.91 Å². The number of rotatable bonds is 3. The quantitative estimate of drug-likeness (QED) is 0.680. The number of hydrogen-bond acceptors (Lipinski definition) is 3. The zero-order chi connectivity index (χ0) is 13.9. The molecule has 2 heterocycles. The Hall–Kier alpha value is -2.89. The minimum absolute atomic E-state index is 0.232. The highest BCUT2D eigenvalue weighted by atomic mass is 16.1. The highest BCUT2D eigenvalue weighted by Gasteiger charge is 2.16. The zero-order valence-electron chi connectivity index (χ0n) is 10.8. The molecule has 0 aliphatic heterocycles. The van der Waals surface area contributed by atoms with Crippen LogP contribution in [0, 0.1) is 6.92 Å². The lowest BCUT2D eigenvalue weighted by atomic mass is 10.1. The van der Waals surface area contributed by atoms with Gasteiger partial charge >= 0.3 is 0 Å². The Labute approximate surface area is 115 Å². The van der Waals surface area contributed by atoms with Gasteiger partial charge < -0.3 is 5.32 Å². The van der Waals surface area contributed by atoms with E-state index in [1.807, 2.05) is 37.3 Å². The molecule has 1 aromatic carbocycles. The van der Waals surface area contributed by atoms with Crippen LogP contribution >= 0.6 is 0 Å². The molecule has 0 aliphatic carbocycles. The number of aryl methyl sites for hydroxylation is 1. The van der Waals surface area contributed by atoms with Crippen LogP contribution in [0.15, 0.2) is 42.7 Å². The highest BCUT2D eigenvalue weighted by Crippen LogP contribution is 2.21. The van der Waals surface area contributed by atoms with Gasteiger partial charge in [-0.3, -0.25) is 15.0 Å². The Bertz CT molecular complexity index is 729. The van der Waals surface area contributed by atoms with Crippen molar-refractivity contribution < 1.29 is 4.79 Å². The predicted molar refractivity (Wildman–Crippen MR) is 75.3 cm³/mol. The maximum absolute atomic E-state index is 12.3. The molecule has 0 unspecified atom stereocenters. The van der Waals surface area contributed by atoms with Gasteiger partial charge in [-0.25, -0.2) is 0 Å². The fourth-order valence-corrected chi connectivity index (χ4v) is 1.94. The number of H-pyrrole nitrogens is 2. The van der Waals surface area contributed by atoms with Crippen molar-refractivity contribution in [3.05, 3.63) is 53.9 Å². The molecule has 3 N–H and O–H groups in total. The van der Waals surface area contributed by atoms with Crippen LogP contribution in [0.25, 0.3) is 11.3 Å². The van der Waals surface area contributed by atoms with E-state index in [-0.39, 0.29) is 5.91 Å². The van der Waals surface area contributed by atoms with Crippen LogP contribution in [0.4, 0.5) is 5.82 Å². The van der Waals surface area contributed by atoms with Crippen molar-refractivity contribution >= 4 is 11.7 Å². The molecule has 2 aromatic heterocycles. The third-order valence-corrected chi connectivity index (χ3v) is 3.01. The van der Waals surface area contributed by atoms with Crippen LogP contribution in [0.5, 0.6) is 0 Å². The number of carbonyl (C=O) groups is 1. The van der Waals surface area contributed by atoms with Gasteiger partial charge in [-0.05, 0) is 6.92 Å². The molecule has 6 heteroatoms. The number of aromatic nitrogens is 4. The predicted octanol–water partition coefficient (Wildman–Crippen LogP) is 2.36. The average Bonchev–Trinajstić information content (AvgIpc) is 3.09. The standard InChI is InChI=1S/C14H13N5O/c1-9-7-15-19-13(9)17-14(20)11-8-16-18-12(11)10-5-3-2-4-6-10/h2-8H,1H3,(H,16,18)(H2,15,17,19,20). The van der Waals surface area contributed by atoms with Crippen LogP contribution in [0.1, 0.15) is 15.9 Å². The van der Waals surface area contributed by atoms with E-state index >= 15 is 0 Å². The first kappa shape index (κ1) is 12.2. The van der Waals surface area contributed by atoms with Crippen molar-refractivity contribution in [3.8, 4) is 11.3 Å². The van der Waals surface area contributed by atoms with Crippen molar-refractivity contribution in [3.63, 3.8) is 0 Å². The Kier molecular flexibility index (Phi) is 3.04. The molecule has 1 amide bonds. The van der Waals surface area contributed by atoms with E-state index in [4.69, 9.17) is 0 Å². The van der Waals surface area contributed by atoms with Crippen molar-refractivity contribution in [1.82, 2.24) is 20.4 Å². The minimum atomic E-state index is -0.232. The maximum atomic E-state index is 12.3. The summed E-state index contributed by atoms with van der Waals surface area (Å²) in [6, 6.07) is 9.60. The number of aromatic amines is 2. The largest absolute Gasteiger partial charge is 0.307 e. The van der Waals surface area contributed by atoms with Gasteiger partial charge in [0.05, 0.1) is 23.7 Å². The third kappa shape index (κ3) is 2.18. The second-order valence-electron chi connectivity index (χ2n) is 4.41. The molecule has 0 saturated carbocycles. The van der Waals surface area contributed by atoms with Gasteiger partial charge in [-0.2, -0.15) is 10.2 Å². The number of amides is 1. The summed E-state index contributed by atoms with van der Waals surface area (Å²) in [5.74, 6) is 0.361. The number of nitrogens with zero attached hydrogens (tertiary/aromatic N) is 2. The lowest BCUT2D eigenvalue weighted by Gasteiger charge is -2.04. The van der Waals surface area contributed by atoms with E-state index in [0.29, 0.717) is 17.1 Å². The smallest absolute Gasteiger partial charge is 0.260 e. The number of hydrogen-bond donors (Lipinski definition) is 3. The molecule has 0 bridgehead atoms. The Morgan fingerprint density at radius 1 is 1.10 bits per heavy atom. The number of benzene rings is 1. The van der Waals surface area contributed by atoms with Gasteiger partial charge in [0.15, 0.2) is 0 Å². The van der Waals surface area contributed by atoms with Crippen LogP contribution in [0.3, 0.4) is 0 Å². The second-order valence-corrected chi connectivity index (χ2v) is 4.41. The summed E-state index contributed by atoms with van der Waals surface area (Å²) < 4.78 is 0. The van der Waals surface area contributed by atoms with E-state index in [9.17, 15) is 4.79 Å². The summed E-state index contributed by atoms with van der Waals surface area (Å²) in [6.07, 6.45) is 3.17. The van der Waals surface area contributed by atoms with E-state index in [2.05, 4.69) is 25.7 Å². The maximum Gasteiger partial charge on any atom is 0.260 e. The van der Waals surface area contributed by atoms with Crippen LogP contribution < -0.4 is 5.32 Å². The molecular formula is C14H13N5O. The van der Waals surface area contributed by atoms with Crippen molar-refractivity contribution in [2.75, 3.05) is 5.32 Å². The molecule has 3 aromatic rings. The highest BCUT2D eigenvalue weighted by molar-refractivity contribution is 6.07. The molecule has 0 saturated heterocycles. The first-order valence-electron chi connectivity index (χ1n) is 6.16. The topological polar surface area (TPSA) is 86.5 Å². The van der Waals surface area contributed by atoms with Crippen molar-refractivity contribution in [2.45, 2.75) is 6.92 Å². The molecular weight excluding hydrogens is 254 g/mol. The van der Waals surface area contributed by atoms with Crippen molar-refractivity contribution in [1.29, 1.82) is 0 Å². The van der Waals surface area contributed by atoms with E-state index in [1.54, 1.807) is 6.20 Å². The second kappa shape index (κ2) is 5.00. The average molecular weight is 267 g/mol. The van der Waals surface area contributed by atoms with Crippen molar-refractivity contribution in [2.24, 2.45) is 0 Å². The Morgan fingerprint density at radius 2 is 1.85 bits per heavy atom. The Morgan fingerprint density at radius 3 is 2.55 bits per heavy atom. The molecule has 0 radical (unpaired) electrons. The molecule has 100 valence electrons. The number of nitrogens with one attached hydrogen (secondary N) is 3.